The lowest BCUT2D eigenvalue weighted by Crippen LogP contribution is -2.34. The molecule has 0 saturated heterocycles. The van der Waals surface area contributed by atoms with Gasteiger partial charge in [0.2, 0.25) is 5.50 Å². The monoisotopic (exact) mass is 201 g/mol. The summed E-state index contributed by atoms with van der Waals surface area (Å²) < 4.78 is 0. The lowest BCUT2D eigenvalue weighted by molar-refractivity contribution is -0.137. The van der Waals surface area contributed by atoms with Crippen LogP contribution in [-0.4, -0.2) is 21.8 Å². The van der Waals surface area contributed by atoms with E-state index in [1.165, 1.54) is 0 Å². The fraction of sp³-hybridized carbons (Fsp3) is 0.125. The van der Waals surface area contributed by atoms with Crippen molar-refractivity contribution < 1.29 is 15.1 Å². The Morgan fingerprint density at radius 3 is 2.38 bits per heavy atom. The molecule has 0 aliphatic carbocycles. The third kappa shape index (κ3) is 2.34. The summed E-state index contributed by atoms with van der Waals surface area (Å²) in [4.78, 5) is 10.4. The Kier molecular flexibility index (Phi) is 3.11. The first-order chi connectivity index (χ1) is 6.13. The Labute approximate surface area is 79.9 Å². The summed E-state index contributed by atoms with van der Waals surface area (Å²) in [6.07, 6.45) is 0. The molecule has 1 aromatic carbocycles. The Bertz CT molecular complexity index is 291. The van der Waals surface area contributed by atoms with Crippen LogP contribution in [0.15, 0.2) is 30.3 Å². The van der Waals surface area contributed by atoms with Crippen molar-refractivity contribution >= 4 is 23.3 Å². The zero-order chi connectivity index (χ0) is 9.84. The van der Waals surface area contributed by atoms with Gasteiger partial charge in [0, 0.05) is 0 Å². The minimum Gasteiger partial charge on any atom is -0.479 e. The predicted molar refractivity (Wildman–Crippen MR) is 48.0 cm³/mol. The van der Waals surface area contributed by atoms with Crippen molar-refractivity contribution in [3.63, 3.8) is 0 Å². The molecule has 0 aliphatic heterocycles. The molecule has 0 radical (unpaired) electrons. The fourth-order valence-corrected chi connectivity index (χ4v) is 0.929. The molecule has 0 spiro atoms. The molecule has 5 heteroatoms. The van der Waals surface area contributed by atoms with Crippen molar-refractivity contribution in [1.29, 1.82) is 0 Å². The average Bonchev–Trinajstić information content (AvgIpc) is 2.17. The SMILES string of the molecule is O=C(O)C(Cl)N(O)c1ccccc1. The number of aliphatic carboxylic acids is 1. The first kappa shape index (κ1) is 9.83. The summed E-state index contributed by atoms with van der Waals surface area (Å²) in [6, 6.07) is 8.20. The van der Waals surface area contributed by atoms with E-state index in [4.69, 9.17) is 16.7 Å². The maximum Gasteiger partial charge on any atom is 0.344 e. The van der Waals surface area contributed by atoms with Crippen LogP contribution >= 0.6 is 11.6 Å². The molecule has 0 saturated carbocycles. The molecule has 0 heterocycles. The van der Waals surface area contributed by atoms with Crippen molar-refractivity contribution in [2.75, 3.05) is 5.06 Å². The van der Waals surface area contributed by atoms with Gasteiger partial charge in [-0.1, -0.05) is 29.8 Å². The molecule has 13 heavy (non-hydrogen) atoms. The Morgan fingerprint density at radius 2 is 1.92 bits per heavy atom. The molecular formula is C8H8ClNO3. The molecule has 0 aromatic heterocycles. The van der Waals surface area contributed by atoms with Gasteiger partial charge in [0.05, 0.1) is 5.69 Å². The number of para-hydroxylation sites is 1. The quantitative estimate of drug-likeness (QED) is 0.442. The second-order valence-electron chi connectivity index (χ2n) is 2.35. The summed E-state index contributed by atoms with van der Waals surface area (Å²) in [5, 5.41) is 18.3. The van der Waals surface area contributed by atoms with Crippen molar-refractivity contribution in [1.82, 2.24) is 0 Å². The van der Waals surface area contributed by atoms with E-state index in [0.29, 0.717) is 10.8 Å². The molecule has 1 unspecified atom stereocenters. The summed E-state index contributed by atoms with van der Waals surface area (Å²) in [5.41, 5.74) is -1.13. The number of hydrogen-bond acceptors (Lipinski definition) is 3. The number of carbonyl (C=O) groups is 1. The molecule has 1 aromatic rings. The molecule has 1 rings (SSSR count). The van der Waals surface area contributed by atoms with E-state index in [-0.39, 0.29) is 0 Å². The van der Waals surface area contributed by atoms with Gasteiger partial charge in [-0.2, -0.15) is 0 Å². The van der Waals surface area contributed by atoms with E-state index in [0.717, 1.165) is 0 Å². The number of halogens is 1. The number of benzene rings is 1. The number of nitrogens with zero attached hydrogens (tertiary/aromatic N) is 1. The molecule has 0 fully saturated rings. The third-order valence-corrected chi connectivity index (χ3v) is 1.81. The van der Waals surface area contributed by atoms with Crippen LogP contribution in [0.3, 0.4) is 0 Å². The number of carboxylic acid groups (broad SMARTS) is 1. The van der Waals surface area contributed by atoms with Gasteiger partial charge < -0.3 is 5.11 Å². The van der Waals surface area contributed by atoms with Gasteiger partial charge in [0.15, 0.2) is 0 Å². The number of anilines is 1. The first-order valence-electron chi connectivity index (χ1n) is 3.53. The van der Waals surface area contributed by atoms with E-state index in [2.05, 4.69) is 0 Å². The van der Waals surface area contributed by atoms with Crippen LogP contribution in [0.5, 0.6) is 0 Å². The van der Waals surface area contributed by atoms with Crippen molar-refractivity contribution in [3.8, 4) is 0 Å². The second kappa shape index (κ2) is 4.11. The Hall–Kier alpha value is -1.26. The molecular weight excluding hydrogens is 194 g/mol. The van der Waals surface area contributed by atoms with Crippen LogP contribution < -0.4 is 5.06 Å². The minimum atomic E-state index is -1.47. The van der Waals surface area contributed by atoms with Crippen molar-refractivity contribution in [2.24, 2.45) is 0 Å². The zero-order valence-electron chi connectivity index (χ0n) is 6.59. The van der Waals surface area contributed by atoms with Gasteiger partial charge in [-0.3, -0.25) is 5.21 Å². The van der Waals surface area contributed by atoms with E-state index >= 15 is 0 Å². The minimum absolute atomic E-state index is 0.338. The normalized spacial score (nSPS) is 12.2. The largest absolute Gasteiger partial charge is 0.479 e. The molecule has 2 N–H and O–H groups in total. The highest BCUT2D eigenvalue weighted by atomic mass is 35.5. The van der Waals surface area contributed by atoms with Gasteiger partial charge in [0.1, 0.15) is 0 Å². The van der Waals surface area contributed by atoms with Gasteiger partial charge in [-0.25, -0.2) is 9.86 Å². The van der Waals surface area contributed by atoms with Gasteiger partial charge in [-0.15, -0.1) is 0 Å². The lowest BCUT2D eigenvalue weighted by atomic mass is 10.3. The second-order valence-corrected chi connectivity index (χ2v) is 2.77. The summed E-state index contributed by atoms with van der Waals surface area (Å²) >= 11 is 5.38. The van der Waals surface area contributed by atoms with Crippen LogP contribution in [0.4, 0.5) is 5.69 Å². The van der Waals surface area contributed by atoms with Crippen LogP contribution in [0.2, 0.25) is 0 Å². The topological polar surface area (TPSA) is 60.8 Å². The number of hydroxylamine groups is 1. The van der Waals surface area contributed by atoms with E-state index in [1.807, 2.05) is 0 Å². The highest BCUT2D eigenvalue weighted by Crippen LogP contribution is 2.15. The van der Waals surface area contributed by atoms with Gasteiger partial charge in [0.25, 0.3) is 0 Å². The van der Waals surface area contributed by atoms with E-state index in [9.17, 15) is 10.0 Å². The molecule has 4 nitrogen and oxygen atoms in total. The third-order valence-electron chi connectivity index (χ3n) is 1.44. The standard InChI is InChI=1S/C8H8ClNO3/c9-7(8(11)12)10(13)6-4-2-1-3-5-6/h1-5,7,13H,(H,11,12). The number of carboxylic acids is 1. The lowest BCUT2D eigenvalue weighted by Gasteiger charge is -2.18. The smallest absolute Gasteiger partial charge is 0.344 e. The predicted octanol–water partition coefficient (Wildman–Crippen LogP) is 1.53. The molecule has 0 aliphatic rings. The fourth-order valence-electron chi connectivity index (χ4n) is 0.816. The number of alkyl halides is 1. The van der Waals surface area contributed by atoms with Crippen LogP contribution in [0.25, 0.3) is 0 Å². The highest BCUT2D eigenvalue weighted by Gasteiger charge is 2.21. The molecule has 0 bridgehead atoms. The maximum absolute atomic E-state index is 10.4. The van der Waals surface area contributed by atoms with Gasteiger partial charge >= 0.3 is 5.97 Å². The Balaban J connectivity index is 2.79. The molecule has 70 valence electrons. The van der Waals surface area contributed by atoms with Crippen LogP contribution in [-0.2, 0) is 4.79 Å². The number of hydrogen-bond donors (Lipinski definition) is 2. The average molecular weight is 202 g/mol. The van der Waals surface area contributed by atoms with Crippen molar-refractivity contribution in [2.45, 2.75) is 5.50 Å². The zero-order valence-corrected chi connectivity index (χ0v) is 7.35. The summed E-state index contributed by atoms with van der Waals surface area (Å²) in [6.45, 7) is 0. The van der Waals surface area contributed by atoms with Crippen LogP contribution in [0, 0.1) is 0 Å². The highest BCUT2D eigenvalue weighted by molar-refractivity contribution is 6.30. The van der Waals surface area contributed by atoms with Gasteiger partial charge in [-0.05, 0) is 12.1 Å². The van der Waals surface area contributed by atoms with Crippen molar-refractivity contribution in [3.05, 3.63) is 30.3 Å². The Morgan fingerprint density at radius 1 is 1.38 bits per heavy atom. The van der Waals surface area contributed by atoms with E-state index in [1.54, 1.807) is 30.3 Å². The first-order valence-corrected chi connectivity index (χ1v) is 3.96. The summed E-state index contributed by atoms with van der Waals surface area (Å²) in [5.74, 6) is -1.30. The molecule has 1 atom stereocenters. The maximum atomic E-state index is 10.4. The van der Waals surface area contributed by atoms with E-state index < -0.39 is 11.5 Å². The summed E-state index contributed by atoms with van der Waals surface area (Å²) in [7, 11) is 0. The van der Waals surface area contributed by atoms with Crippen LogP contribution in [0.1, 0.15) is 0 Å². The number of rotatable bonds is 3. The molecule has 0 amide bonds.